The zero-order valence-corrected chi connectivity index (χ0v) is 13.9. The lowest BCUT2D eigenvalue weighted by atomic mass is 10.2. The normalized spacial score (nSPS) is 10.6. The topological polar surface area (TPSA) is 63.8 Å². The Morgan fingerprint density at radius 1 is 1.14 bits per heavy atom. The van der Waals surface area contributed by atoms with Gasteiger partial charge in [-0.1, -0.05) is 0 Å². The average Bonchev–Trinajstić information content (AvgIpc) is 3.01. The van der Waals surface area contributed by atoms with Crippen LogP contribution < -0.4 is 5.32 Å². The van der Waals surface area contributed by atoms with E-state index in [1.807, 2.05) is 30.3 Å². The van der Waals surface area contributed by atoms with Crippen LogP contribution in [-0.4, -0.2) is 15.2 Å². The number of benzene rings is 1. The summed E-state index contributed by atoms with van der Waals surface area (Å²) in [5.74, 6) is 0.513. The zero-order valence-electron chi connectivity index (χ0n) is 10.8. The fourth-order valence-electron chi connectivity index (χ4n) is 1.79. The van der Waals surface area contributed by atoms with Gasteiger partial charge in [-0.25, -0.2) is 0 Å². The van der Waals surface area contributed by atoms with Crippen molar-refractivity contribution < 1.29 is 4.42 Å². The maximum atomic E-state index is 5.15. The highest BCUT2D eigenvalue weighted by atomic mass is 79.9. The van der Waals surface area contributed by atoms with Crippen molar-refractivity contribution in [2.24, 2.45) is 0 Å². The van der Waals surface area contributed by atoms with E-state index in [0.29, 0.717) is 12.4 Å². The number of nitrogens with one attached hydrogen (secondary N) is 1. The highest BCUT2D eigenvalue weighted by Crippen LogP contribution is 2.22. The molecule has 0 aliphatic carbocycles. The molecular weight excluding hydrogens is 400 g/mol. The number of hydrogen-bond acceptors (Lipinski definition) is 5. The molecular formula is C14H10Br2N4O. The van der Waals surface area contributed by atoms with E-state index in [1.54, 1.807) is 6.20 Å². The summed E-state index contributed by atoms with van der Waals surface area (Å²) in [5.41, 5.74) is 2.83. The molecule has 7 heteroatoms. The Hall–Kier alpha value is -1.73. The average molecular weight is 410 g/mol. The van der Waals surface area contributed by atoms with E-state index < -0.39 is 0 Å². The highest BCUT2D eigenvalue weighted by molar-refractivity contribution is 9.11. The predicted molar refractivity (Wildman–Crippen MR) is 86.7 cm³/mol. The summed E-state index contributed by atoms with van der Waals surface area (Å²) in [6, 6.07) is 9.76. The van der Waals surface area contributed by atoms with Crippen LogP contribution in [0.1, 0.15) is 5.69 Å². The Balaban J connectivity index is 1.68. The fourth-order valence-corrected chi connectivity index (χ4v) is 2.92. The molecule has 0 unspecified atom stereocenters. The second-order valence-corrected chi connectivity index (χ2v) is 6.03. The van der Waals surface area contributed by atoms with Gasteiger partial charge in [0.05, 0.1) is 12.2 Å². The minimum Gasteiger partial charge on any atom is -0.423 e. The van der Waals surface area contributed by atoms with E-state index in [4.69, 9.17) is 4.42 Å². The molecule has 0 atom stereocenters. The molecule has 0 bridgehead atoms. The second-order valence-electron chi connectivity index (χ2n) is 4.26. The molecule has 1 N–H and O–H groups in total. The van der Waals surface area contributed by atoms with Crippen LogP contribution in [0.2, 0.25) is 0 Å². The molecule has 2 heterocycles. The number of rotatable bonds is 4. The first-order chi connectivity index (χ1) is 10.2. The third kappa shape index (κ3) is 3.48. The fraction of sp³-hybridized carbons (Fsp3) is 0.0714. The lowest BCUT2D eigenvalue weighted by Gasteiger charge is -2.08. The number of halogens is 2. The third-order valence-electron chi connectivity index (χ3n) is 2.84. The lowest BCUT2D eigenvalue weighted by molar-refractivity contribution is 0.568. The van der Waals surface area contributed by atoms with Gasteiger partial charge in [-0.05, 0) is 62.2 Å². The molecule has 0 aliphatic rings. The van der Waals surface area contributed by atoms with Gasteiger partial charge in [0.25, 0.3) is 0 Å². The van der Waals surface area contributed by atoms with Crippen LogP contribution in [0.3, 0.4) is 0 Å². The molecule has 0 amide bonds. The molecule has 0 fully saturated rings. The van der Waals surface area contributed by atoms with Crippen LogP contribution in [0.4, 0.5) is 5.69 Å². The maximum absolute atomic E-state index is 5.15. The van der Waals surface area contributed by atoms with Crippen molar-refractivity contribution in [1.29, 1.82) is 0 Å². The van der Waals surface area contributed by atoms with Crippen molar-refractivity contribution in [3.05, 3.63) is 57.6 Å². The van der Waals surface area contributed by atoms with Crippen molar-refractivity contribution in [1.82, 2.24) is 15.2 Å². The van der Waals surface area contributed by atoms with Crippen molar-refractivity contribution in [2.45, 2.75) is 6.54 Å². The van der Waals surface area contributed by atoms with E-state index in [0.717, 1.165) is 25.9 Å². The van der Waals surface area contributed by atoms with Crippen LogP contribution in [0.15, 0.2) is 56.3 Å². The first kappa shape index (κ1) is 14.2. The number of aromatic nitrogens is 3. The predicted octanol–water partition coefficient (Wildman–Crippen LogP) is 4.27. The number of pyridine rings is 1. The van der Waals surface area contributed by atoms with Crippen LogP contribution in [0, 0.1) is 0 Å². The van der Waals surface area contributed by atoms with Gasteiger partial charge >= 0.3 is 0 Å². The summed E-state index contributed by atoms with van der Waals surface area (Å²) in [6.45, 7) is 0.633. The molecule has 21 heavy (non-hydrogen) atoms. The highest BCUT2D eigenvalue weighted by Gasteiger charge is 2.04. The van der Waals surface area contributed by atoms with Gasteiger partial charge in [0.2, 0.25) is 12.3 Å². The van der Waals surface area contributed by atoms with Crippen molar-refractivity contribution >= 4 is 37.5 Å². The van der Waals surface area contributed by atoms with E-state index in [9.17, 15) is 0 Å². The Kier molecular flexibility index (Phi) is 4.31. The Morgan fingerprint density at radius 2 is 1.95 bits per heavy atom. The third-order valence-corrected chi connectivity index (χ3v) is 3.96. The van der Waals surface area contributed by atoms with E-state index >= 15 is 0 Å². The van der Waals surface area contributed by atoms with Gasteiger partial charge in [0.1, 0.15) is 0 Å². The summed E-state index contributed by atoms with van der Waals surface area (Å²) in [7, 11) is 0. The summed E-state index contributed by atoms with van der Waals surface area (Å²) < 4.78 is 7.06. The van der Waals surface area contributed by atoms with Gasteiger partial charge in [-0.15, -0.1) is 10.2 Å². The van der Waals surface area contributed by atoms with E-state index in [-0.39, 0.29) is 0 Å². The molecule has 106 valence electrons. The minimum absolute atomic E-state index is 0.513. The van der Waals surface area contributed by atoms with Crippen LogP contribution in [-0.2, 0) is 6.54 Å². The van der Waals surface area contributed by atoms with Crippen LogP contribution >= 0.6 is 31.9 Å². The van der Waals surface area contributed by atoms with Crippen molar-refractivity contribution in [3.8, 4) is 11.5 Å². The summed E-state index contributed by atoms with van der Waals surface area (Å²) >= 11 is 6.88. The second kappa shape index (κ2) is 6.36. The standard InChI is InChI=1S/C14H10Br2N4O/c15-10-5-12(16)13(18-6-10)7-17-11-3-1-9(2-4-11)14-20-19-8-21-14/h1-6,8,17H,7H2. The SMILES string of the molecule is Brc1cnc(CNc2ccc(-c3nnco3)cc2)c(Br)c1. The number of anilines is 1. The number of hydrogen-bond donors (Lipinski definition) is 1. The van der Waals surface area contributed by atoms with Gasteiger partial charge in [-0.2, -0.15) is 0 Å². The van der Waals surface area contributed by atoms with Crippen LogP contribution in [0.25, 0.3) is 11.5 Å². The van der Waals surface area contributed by atoms with Gasteiger partial charge in [0, 0.05) is 26.4 Å². The van der Waals surface area contributed by atoms with Gasteiger partial charge in [-0.3, -0.25) is 4.98 Å². The first-order valence-electron chi connectivity index (χ1n) is 6.13. The molecule has 5 nitrogen and oxygen atoms in total. The zero-order chi connectivity index (χ0) is 14.7. The largest absolute Gasteiger partial charge is 0.423 e. The lowest BCUT2D eigenvalue weighted by Crippen LogP contribution is -2.02. The molecule has 0 saturated heterocycles. The molecule has 3 aromatic rings. The van der Waals surface area contributed by atoms with Crippen molar-refractivity contribution in [2.75, 3.05) is 5.32 Å². The minimum atomic E-state index is 0.513. The quantitative estimate of drug-likeness (QED) is 0.697. The molecule has 2 aromatic heterocycles. The van der Waals surface area contributed by atoms with E-state index in [1.165, 1.54) is 6.39 Å². The number of nitrogens with zero attached hydrogens (tertiary/aromatic N) is 3. The first-order valence-corrected chi connectivity index (χ1v) is 7.71. The van der Waals surface area contributed by atoms with Gasteiger partial charge < -0.3 is 9.73 Å². The maximum Gasteiger partial charge on any atom is 0.247 e. The van der Waals surface area contributed by atoms with Gasteiger partial charge in [0.15, 0.2) is 0 Å². The monoisotopic (exact) mass is 408 g/mol. The molecule has 0 spiro atoms. The summed E-state index contributed by atoms with van der Waals surface area (Å²) in [6.07, 6.45) is 3.10. The Morgan fingerprint density at radius 3 is 2.62 bits per heavy atom. The molecule has 0 radical (unpaired) electrons. The Bertz CT molecular complexity index is 729. The smallest absolute Gasteiger partial charge is 0.247 e. The summed E-state index contributed by atoms with van der Waals surface area (Å²) in [5, 5.41) is 10.9. The summed E-state index contributed by atoms with van der Waals surface area (Å²) in [4.78, 5) is 4.36. The Labute approximate surface area is 138 Å². The molecule has 0 aliphatic heterocycles. The molecule has 3 rings (SSSR count). The molecule has 1 aromatic carbocycles. The molecule has 0 saturated carbocycles. The van der Waals surface area contributed by atoms with Crippen LogP contribution in [0.5, 0.6) is 0 Å². The van der Waals surface area contributed by atoms with Crippen molar-refractivity contribution in [3.63, 3.8) is 0 Å². The van der Waals surface area contributed by atoms with E-state index in [2.05, 4.69) is 52.4 Å².